The van der Waals surface area contributed by atoms with E-state index in [1.54, 1.807) is 0 Å². The zero-order chi connectivity index (χ0) is 16.8. The fourth-order valence-electron chi connectivity index (χ4n) is 3.57. The molecule has 0 aliphatic heterocycles. The molecular formula is C18H18N6S. The Kier molecular flexibility index (Phi) is 3.41. The topological polar surface area (TPSA) is 68.0 Å². The normalized spacial score (nSPS) is 14.1. The number of fused-ring (bicyclic) bond motifs is 4. The van der Waals surface area contributed by atoms with Crippen LogP contribution in [0.5, 0.6) is 0 Å². The van der Waals surface area contributed by atoms with Crippen molar-refractivity contribution in [2.75, 3.05) is 5.32 Å². The first-order valence-corrected chi connectivity index (χ1v) is 9.42. The summed E-state index contributed by atoms with van der Waals surface area (Å²) in [5, 5.41) is 13.2. The predicted octanol–water partition coefficient (Wildman–Crippen LogP) is 3.53. The summed E-state index contributed by atoms with van der Waals surface area (Å²) in [5.41, 5.74) is 2.30. The highest BCUT2D eigenvalue weighted by molar-refractivity contribution is 7.19. The van der Waals surface area contributed by atoms with Crippen LogP contribution in [0.15, 0.2) is 24.4 Å². The molecule has 5 rings (SSSR count). The summed E-state index contributed by atoms with van der Waals surface area (Å²) < 4.78 is 2.00. The van der Waals surface area contributed by atoms with E-state index >= 15 is 0 Å². The highest BCUT2D eigenvalue weighted by Gasteiger charge is 2.20. The van der Waals surface area contributed by atoms with Gasteiger partial charge in [0.2, 0.25) is 0 Å². The highest BCUT2D eigenvalue weighted by atomic mass is 32.1. The van der Waals surface area contributed by atoms with Crippen molar-refractivity contribution in [2.45, 2.75) is 39.2 Å². The van der Waals surface area contributed by atoms with Crippen LogP contribution < -0.4 is 5.32 Å². The van der Waals surface area contributed by atoms with Crippen LogP contribution in [0, 0.1) is 6.92 Å². The van der Waals surface area contributed by atoms with E-state index in [2.05, 4.69) is 25.5 Å². The van der Waals surface area contributed by atoms with Crippen molar-refractivity contribution in [1.82, 2.24) is 24.6 Å². The zero-order valence-electron chi connectivity index (χ0n) is 14.0. The van der Waals surface area contributed by atoms with Gasteiger partial charge in [0.05, 0.1) is 11.9 Å². The first kappa shape index (κ1) is 14.8. The number of pyridine rings is 1. The van der Waals surface area contributed by atoms with E-state index in [1.165, 1.54) is 35.1 Å². The maximum absolute atomic E-state index is 4.69. The molecule has 1 aliphatic rings. The fourth-order valence-corrected chi connectivity index (χ4v) is 4.87. The lowest BCUT2D eigenvalue weighted by atomic mass is 9.97. The van der Waals surface area contributed by atoms with Gasteiger partial charge in [0, 0.05) is 11.1 Å². The Balaban J connectivity index is 1.55. The van der Waals surface area contributed by atoms with Crippen LogP contribution in [0.1, 0.15) is 34.9 Å². The summed E-state index contributed by atoms with van der Waals surface area (Å²) >= 11 is 1.83. The van der Waals surface area contributed by atoms with E-state index in [0.29, 0.717) is 6.54 Å². The monoisotopic (exact) mass is 350 g/mol. The molecule has 0 aromatic carbocycles. The van der Waals surface area contributed by atoms with Crippen LogP contribution in [0.3, 0.4) is 0 Å². The molecule has 0 bridgehead atoms. The lowest BCUT2D eigenvalue weighted by Crippen LogP contribution is -2.08. The predicted molar refractivity (Wildman–Crippen MR) is 99.1 cm³/mol. The molecule has 0 saturated carbocycles. The third kappa shape index (κ3) is 2.46. The number of aromatic nitrogens is 5. The smallest absolute Gasteiger partial charge is 0.160 e. The molecule has 126 valence electrons. The summed E-state index contributed by atoms with van der Waals surface area (Å²) in [4.78, 5) is 11.9. The van der Waals surface area contributed by atoms with Crippen LogP contribution in [0.4, 0.5) is 5.82 Å². The van der Waals surface area contributed by atoms with Gasteiger partial charge in [-0.2, -0.15) is 0 Å². The first-order valence-electron chi connectivity index (χ1n) is 8.61. The van der Waals surface area contributed by atoms with Crippen LogP contribution >= 0.6 is 11.3 Å². The van der Waals surface area contributed by atoms with Crippen molar-refractivity contribution in [3.8, 4) is 0 Å². The number of hydrogen-bond donors (Lipinski definition) is 1. The van der Waals surface area contributed by atoms with E-state index < -0.39 is 0 Å². The molecule has 0 unspecified atom stereocenters. The SMILES string of the molecule is Cc1nc(NCc2nnc3ccccn23)c2c3c(sc2n1)CCCC3. The van der Waals surface area contributed by atoms with Gasteiger partial charge in [-0.15, -0.1) is 21.5 Å². The van der Waals surface area contributed by atoms with Gasteiger partial charge in [-0.1, -0.05) is 6.07 Å². The Morgan fingerprint density at radius 2 is 2.08 bits per heavy atom. The Morgan fingerprint density at radius 3 is 3.04 bits per heavy atom. The number of nitrogens with one attached hydrogen (secondary N) is 1. The molecular weight excluding hydrogens is 332 g/mol. The molecule has 0 saturated heterocycles. The van der Waals surface area contributed by atoms with Crippen molar-refractivity contribution < 1.29 is 0 Å². The minimum atomic E-state index is 0.585. The number of rotatable bonds is 3. The van der Waals surface area contributed by atoms with Gasteiger partial charge in [-0.3, -0.25) is 4.40 Å². The van der Waals surface area contributed by atoms with Crippen molar-refractivity contribution in [3.63, 3.8) is 0 Å². The molecule has 0 amide bonds. The molecule has 1 aliphatic carbocycles. The molecule has 0 radical (unpaired) electrons. The van der Waals surface area contributed by atoms with E-state index in [1.807, 2.05) is 47.1 Å². The van der Waals surface area contributed by atoms with Crippen LogP contribution in [0.2, 0.25) is 0 Å². The number of thiophene rings is 1. The minimum absolute atomic E-state index is 0.585. The quantitative estimate of drug-likeness (QED) is 0.612. The molecule has 6 nitrogen and oxygen atoms in total. The molecule has 0 atom stereocenters. The van der Waals surface area contributed by atoms with E-state index in [0.717, 1.165) is 34.4 Å². The maximum Gasteiger partial charge on any atom is 0.160 e. The van der Waals surface area contributed by atoms with Crippen molar-refractivity contribution >= 4 is 33.0 Å². The second-order valence-electron chi connectivity index (χ2n) is 6.41. The molecule has 4 aromatic heterocycles. The number of hydrogen-bond acceptors (Lipinski definition) is 6. The van der Waals surface area contributed by atoms with Crippen molar-refractivity contribution in [1.29, 1.82) is 0 Å². The maximum atomic E-state index is 4.69. The van der Waals surface area contributed by atoms with Crippen LogP contribution in [-0.2, 0) is 19.4 Å². The molecule has 7 heteroatoms. The van der Waals surface area contributed by atoms with Crippen LogP contribution in [-0.4, -0.2) is 24.6 Å². The van der Waals surface area contributed by atoms with Gasteiger partial charge in [0.1, 0.15) is 16.5 Å². The third-order valence-corrected chi connectivity index (χ3v) is 5.91. The number of aryl methyl sites for hydroxylation is 3. The number of anilines is 1. The third-order valence-electron chi connectivity index (χ3n) is 4.72. The van der Waals surface area contributed by atoms with Crippen LogP contribution in [0.25, 0.3) is 15.9 Å². The standard InChI is InChI=1S/C18H18N6S/c1-11-20-17(16-12-6-2-3-7-13(12)25-18(16)21-11)19-10-15-23-22-14-8-4-5-9-24(14)15/h4-5,8-9H,2-3,6-7,10H2,1H3,(H,19,20,21). The van der Waals surface area contributed by atoms with E-state index in [-0.39, 0.29) is 0 Å². The molecule has 4 heterocycles. The largest absolute Gasteiger partial charge is 0.362 e. The number of nitrogens with zero attached hydrogens (tertiary/aromatic N) is 5. The van der Waals surface area contributed by atoms with Crippen molar-refractivity contribution in [3.05, 3.63) is 46.5 Å². The lowest BCUT2D eigenvalue weighted by molar-refractivity contribution is 0.700. The van der Waals surface area contributed by atoms with Gasteiger partial charge < -0.3 is 5.32 Å². The Labute approximate surface area is 149 Å². The van der Waals surface area contributed by atoms with Gasteiger partial charge >= 0.3 is 0 Å². The fraction of sp³-hybridized carbons (Fsp3) is 0.333. The summed E-state index contributed by atoms with van der Waals surface area (Å²) in [7, 11) is 0. The van der Waals surface area contributed by atoms with Gasteiger partial charge in [-0.25, -0.2) is 9.97 Å². The van der Waals surface area contributed by atoms with Gasteiger partial charge in [-0.05, 0) is 50.3 Å². The molecule has 0 fully saturated rings. The van der Waals surface area contributed by atoms with Crippen molar-refractivity contribution in [2.24, 2.45) is 0 Å². The highest BCUT2D eigenvalue weighted by Crippen LogP contribution is 2.38. The Bertz CT molecular complexity index is 1080. The van der Waals surface area contributed by atoms with E-state index in [4.69, 9.17) is 0 Å². The zero-order valence-corrected chi connectivity index (χ0v) is 14.8. The molecule has 1 N–H and O–H groups in total. The second kappa shape index (κ2) is 5.77. The summed E-state index contributed by atoms with van der Waals surface area (Å²) in [6, 6.07) is 5.91. The Hall–Kier alpha value is -2.54. The summed E-state index contributed by atoms with van der Waals surface area (Å²) in [6.45, 7) is 2.54. The first-order chi connectivity index (χ1) is 12.3. The molecule has 25 heavy (non-hydrogen) atoms. The van der Waals surface area contributed by atoms with Gasteiger partial charge in [0.25, 0.3) is 0 Å². The average molecular weight is 350 g/mol. The molecule has 4 aromatic rings. The summed E-state index contributed by atoms with van der Waals surface area (Å²) in [5.74, 6) is 2.61. The molecule has 0 spiro atoms. The average Bonchev–Trinajstić information content (AvgIpc) is 3.20. The van der Waals surface area contributed by atoms with Gasteiger partial charge in [0.15, 0.2) is 11.5 Å². The lowest BCUT2D eigenvalue weighted by Gasteiger charge is -2.12. The van der Waals surface area contributed by atoms with E-state index in [9.17, 15) is 0 Å². The summed E-state index contributed by atoms with van der Waals surface area (Å²) in [6.07, 6.45) is 6.81. The second-order valence-corrected chi connectivity index (χ2v) is 7.49. The minimum Gasteiger partial charge on any atom is -0.362 e. The Morgan fingerprint density at radius 1 is 1.16 bits per heavy atom.